The van der Waals surface area contributed by atoms with Crippen LogP contribution in [0.1, 0.15) is 88.7 Å². The zero-order chi connectivity index (χ0) is 37.0. The Balaban J connectivity index is 1.09. The highest BCUT2D eigenvalue weighted by molar-refractivity contribution is 9.09. The third-order valence-corrected chi connectivity index (χ3v) is 10.4. The first-order chi connectivity index (χ1) is 26.7. The number of halogens is 1. The zero-order valence-electron chi connectivity index (χ0n) is 31.3. The van der Waals surface area contributed by atoms with Gasteiger partial charge >= 0.3 is 0 Å². The summed E-state index contributed by atoms with van der Waals surface area (Å²) >= 11 is 3.47. The van der Waals surface area contributed by atoms with Gasteiger partial charge in [-0.05, 0) is 109 Å². The van der Waals surface area contributed by atoms with Crippen LogP contribution in [0, 0.1) is 0 Å². The van der Waals surface area contributed by atoms with E-state index in [0.717, 1.165) is 104 Å². The van der Waals surface area contributed by atoms with Crippen molar-refractivity contribution in [2.75, 3.05) is 18.5 Å². The Kier molecular flexibility index (Phi) is 13.1. The van der Waals surface area contributed by atoms with Gasteiger partial charge in [0.05, 0.1) is 58.8 Å². The maximum absolute atomic E-state index is 6.15. The summed E-state index contributed by atoms with van der Waals surface area (Å²) in [5.74, 6) is 1.73. The standard InChI is InChI=1S/C47H49BrN4O2/c1-2-3-4-5-6-7-8-9-10-11-30-53-40-21-13-34(14-22-40)46-42-25-17-36(49-42)32-38-19-27-44(51-38)47(35-15-23-41(24-16-35)54-31-12-29-48)45-28-20-39(52-45)33-37-18-26-43(46)50-37/h13-28,32-33H,2-12,29-31H2,1H3. The van der Waals surface area contributed by atoms with Gasteiger partial charge in [-0.15, -0.1) is 0 Å². The summed E-state index contributed by atoms with van der Waals surface area (Å²) in [6.07, 6.45) is 34.6. The molecule has 0 saturated carbocycles. The molecule has 2 aromatic carbocycles. The highest BCUT2D eigenvalue weighted by Gasteiger charge is 2.22. The minimum absolute atomic E-state index is 0.670. The van der Waals surface area contributed by atoms with E-state index < -0.39 is 0 Å². The van der Waals surface area contributed by atoms with Gasteiger partial charge in [-0.25, -0.2) is 20.0 Å². The number of alkyl halides is 1. The molecule has 0 atom stereocenters. The van der Waals surface area contributed by atoms with Crippen LogP contribution in [0.2, 0.25) is 0 Å². The van der Waals surface area contributed by atoms with E-state index in [0.29, 0.717) is 6.61 Å². The average Bonchev–Trinajstić information content (AvgIpc) is 4.03. The van der Waals surface area contributed by atoms with Gasteiger partial charge in [-0.3, -0.25) is 0 Å². The molecule has 0 radical (unpaired) electrons. The fraction of sp³-hybridized carbons (Fsp3) is 0.319. The molecule has 5 aliphatic heterocycles. The Morgan fingerprint density at radius 1 is 0.463 bits per heavy atom. The van der Waals surface area contributed by atoms with E-state index in [-0.39, 0.29) is 0 Å². The van der Waals surface area contributed by atoms with Gasteiger partial charge in [0.15, 0.2) is 0 Å². The minimum atomic E-state index is 0.670. The summed E-state index contributed by atoms with van der Waals surface area (Å²) in [5, 5.41) is 0.915. The van der Waals surface area contributed by atoms with Crippen LogP contribution in [-0.2, 0) is 0 Å². The molecule has 54 heavy (non-hydrogen) atoms. The number of aliphatic imine (C=N–C) groups is 4. The normalized spacial score (nSPS) is 16.9. The van der Waals surface area contributed by atoms with Crippen LogP contribution in [0.3, 0.4) is 0 Å². The topological polar surface area (TPSA) is 67.9 Å². The van der Waals surface area contributed by atoms with Crippen molar-refractivity contribution in [3.05, 3.63) is 143 Å². The molecule has 5 aliphatic rings. The van der Waals surface area contributed by atoms with Crippen molar-refractivity contribution < 1.29 is 9.47 Å². The van der Waals surface area contributed by atoms with Crippen molar-refractivity contribution in [3.8, 4) is 11.5 Å². The van der Waals surface area contributed by atoms with E-state index in [1.165, 1.54) is 57.8 Å². The van der Waals surface area contributed by atoms with Crippen LogP contribution in [0.5, 0.6) is 11.5 Å². The first kappa shape index (κ1) is 37.4. The Bertz CT molecular complexity index is 2060. The average molecular weight is 782 g/mol. The number of allylic oxidation sites excluding steroid dienone is 12. The number of ether oxygens (including phenoxy) is 2. The van der Waals surface area contributed by atoms with Gasteiger partial charge in [0.2, 0.25) is 0 Å². The smallest absolute Gasteiger partial charge is 0.119 e. The van der Waals surface area contributed by atoms with Gasteiger partial charge in [-0.2, -0.15) is 0 Å². The lowest BCUT2D eigenvalue weighted by molar-refractivity contribution is 0.304. The number of benzene rings is 2. The lowest BCUT2D eigenvalue weighted by Gasteiger charge is -2.11. The SMILES string of the molecule is CCCCCCCCCCCCOc1ccc(C2=C3C=CC(=N3)C=C3C=CC(=N3)C(c3ccc(OCCCBr)cc3)=C3C=CC(=N3)C=C3C=CC2=N3)cc1. The van der Waals surface area contributed by atoms with Crippen molar-refractivity contribution >= 4 is 49.9 Å². The summed E-state index contributed by atoms with van der Waals surface area (Å²) < 4.78 is 12.1. The first-order valence-electron chi connectivity index (χ1n) is 19.7. The summed E-state index contributed by atoms with van der Waals surface area (Å²) in [5.41, 5.74) is 10.8. The minimum Gasteiger partial charge on any atom is -0.494 e. The monoisotopic (exact) mass is 780 g/mol. The van der Waals surface area contributed by atoms with Crippen molar-refractivity contribution in [3.63, 3.8) is 0 Å². The highest BCUT2D eigenvalue weighted by Crippen LogP contribution is 2.33. The third-order valence-electron chi connectivity index (χ3n) is 9.86. The van der Waals surface area contributed by atoms with Crippen LogP contribution in [0.15, 0.2) is 152 Å². The van der Waals surface area contributed by atoms with E-state index in [4.69, 9.17) is 29.4 Å². The molecular weight excluding hydrogens is 732 g/mol. The van der Waals surface area contributed by atoms with Crippen LogP contribution in [0.25, 0.3) is 11.1 Å². The molecule has 7 heteroatoms. The van der Waals surface area contributed by atoms with Gasteiger partial charge in [0, 0.05) is 16.5 Å². The molecule has 5 heterocycles. The number of hydrogen-bond acceptors (Lipinski definition) is 6. The number of nitrogens with zero attached hydrogens (tertiary/aromatic N) is 4. The lowest BCUT2D eigenvalue weighted by Crippen LogP contribution is -2.01. The van der Waals surface area contributed by atoms with Crippen LogP contribution in [0.4, 0.5) is 0 Å². The Hall–Kier alpha value is -4.88. The van der Waals surface area contributed by atoms with Crippen LogP contribution >= 0.6 is 15.9 Å². The van der Waals surface area contributed by atoms with E-state index >= 15 is 0 Å². The fourth-order valence-electron chi connectivity index (χ4n) is 7.01. The maximum atomic E-state index is 6.15. The first-order valence-corrected chi connectivity index (χ1v) is 20.8. The lowest BCUT2D eigenvalue weighted by atomic mass is 9.98. The Morgan fingerprint density at radius 3 is 1.37 bits per heavy atom. The van der Waals surface area contributed by atoms with Gasteiger partial charge < -0.3 is 9.47 Å². The number of unbranched alkanes of at least 4 members (excludes halogenated alkanes) is 9. The summed E-state index contributed by atoms with van der Waals surface area (Å²) in [7, 11) is 0. The number of hydrogen-bond donors (Lipinski definition) is 0. The second-order valence-electron chi connectivity index (χ2n) is 14.0. The van der Waals surface area contributed by atoms with Gasteiger partial charge in [0.25, 0.3) is 0 Å². The summed E-state index contributed by atoms with van der Waals surface area (Å²) in [6.45, 7) is 3.69. The second kappa shape index (κ2) is 18.9. The second-order valence-corrected chi connectivity index (χ2v) is 14.8. The van der Waals surface area contributed by atoms with E-state index in [9.17, 15) is 0 Å². The molecule has 0 fully saturated rings. The van der Waals surface area contributed by atoms with Crippen LogP contribution < -0.4 is 9.47 Å². The number of rotatable bonds is 18. The van der Waals surface area contributed by atoms with Crippen LogP contribution in [-0.4, -0.2) is 41.4 Å². The largest absolute Gasteiger partial charge is 0.494 e. The molecule has 8 bridgehead atoms. The molecule has 0 N–H and O–H groups in total. The Morgan fingerprint density at radius 2 is 0.907 bits per heavy atom. The third kappa shape index (κ3) is 9.80. The Labute approximate surface area is 328 Å². The van der Waals surface area contributed by atoms with Crippen molar-refractivity contribution in [1.82, 2.24) is 0 Å². The van der Waals surface area contributed by atoms with Gasteiger partial charge in [0.1, 0.15) is 11.5 Å². The molecule has 2 aromatic rings. The van der Waals surface area contributed by atoms with Crippen molar-refractivity contribution in [2.45, 2.75) is 77.6 Å². The van der Waals surface area contributed by atoms with E-state index in [1.54, 1.807) is 0 Å². The molecule has 0 saturated heterocycles. The zero-order valence-corrected chi connectivity index (χ0v) is 32.9. The van der Waals surface area contributed by atoms with Gasteiger partial charge in [-0.1, -0.05) is 105 Å². The molecule has 0 unspecified atom stereocenters. The molecule has 0 aliphatic carbocycles. The molecule has 7 rings (SSSR count). The number of fused-ring (bicyclic) bond motifs is 4. The molecule has 6 nitrogen and oxygen atoms in total. The summed E-state index contributed by atoms with van der Waals surface area (Å²) in [6, 6.07) is 16.6. The predicted octanol–water partition coefficient (Wildman–Crippen LogP) is 12.1. The quantitative estimate of drug-likeness (QED) is 0.112. The fourth-order valence-corrected chi connectivity index (χ4v) is 7.24. The predicted molar refractivity (Wildman–Crippen MR) is 230 cm³/mol. The van der Waals surface area contributed by atoms with E-state index in [2.05, 4.69) is 83.6 Å². The van der Waals surface area contributed by atoms with E-state index in [1.807, 2.05) is 48.6 Å². The highest BCUT2D eigenvalue weighted by atomic mass is 79.9. The molecule has 0 spiro atoms. The van der Waals surface area contributed by atoms with Crippen molar-refractivity contribution in [2.24, 2.45) is 20.0 Å². The molecule has 276 valence electrons. The molecule has 0 aromatic heterocycles. The molecule has 0 amide bonds. The maximum Gasteiger partial charge on any atom is 0.119 e. The summed E-state index contributed by atoms with van der Waals surface area (Å²) in [4.78, 5) is 20.3. The van der Waals surface area contributed by atoms with Crippen molar-refractivity contribution in [1.29, 1.82) is 0 Å². The molecular formula is C47H49BrN4O2.